The fourth-order valence-electron chi connectivity index (χ4n) is 2.55. The summed E-state index contributed by atoms with van der Waals surface area (Å²) in [4.78, 5) is 1.15. The van der Waals surface area contributed by atoms with E-state index in [9.17, 15) is 10.2 Å². The van der Waals surface area contributed by atoms with Gasteiger partial charge in [-0.2, -0.15) is 0 Å². The molecule has 1 heterocycles. The minimum absolute atomic E-state index is 0.309. The first-order chi connectivity index (χ1) is 7.77. The Morgan fingerprint density at radius 2 is 2.00 bits per heavy atom. The largest absolute Gasteiger partial charge is 0.390 e. The monoisotopic (exact) mass is 240 g/mol. The van der Waals surface area contributed by atoms with Gasteiger partial charge in [0.25, 0.3) is 0 Å². The molecule has 16 heavy (non-hydrogen) atoms. The fraction of sp³-hybridized carbons (Fsp3) is 0.692. The summed E-state index contributed by atoms with van der Waals surface area (Å²) in [5.41, 5.74) is 0. The minimum atomic E-state index is -0.596. The van der Waals surface area contributed by atoms with Crippen LogP contribution in [0.2, 0.25) is 0 Å². The van der Waals surface area contributed by atoms with Crippen molar-refractivity contribution in [2.24, 2.45) is 5.92 Å². The normalized spacial score (nSPS) is 21.9. The minimum Gasteiger partial charge on any atom is -0.390 e. The van der Waals surface area contributed by atoms with Crippen LogP contribution in [0.25, 0.3) is 0 Å². The van der Waals surface area contributed by atoms with Gasteiger partial charge in [0.2, 0.25) is 0 Å². The third kappa shape index (κ3) is 3.06. The zero-order chi connectivity index (χ0) is 11.4. The number of hydrogen-bond donors (Lipinski definition) is 2. The van der Waals surface area contributed by atoms with Crippen LogP contribution >= 0.6 is 11.3 Å². The summed E-state index contributed by atoms with van der Waals surface area (Å²) in [6.07, 6.45) is 5.29. The van der Waals surface area contributed by atoms with Crippen LogP contribution in [-0.2, 0) is 6.42 Å². The van der Waals surface area contributed by atoms with Crippen LogP contribution in [0.1, 0.15) is 37.0 Å². The molecule has 3 heteroatoms. The Labute approximate surface area is 101 Å². The molecule has 1 saturated carbocycles. The van der Waals surface area contributed by atoms with Gasteiger partial charge in [0.15, 0.2) is 0 Å². The molecule has 0 amide bonds. The predicted octanol–water partition coefficient (Wildman–Crippen LogP) is 2.59. The third-order valence-electron chi connectivity index (χ3n) is 3.52. The zero-order valence-electron chi connectivity index (χ0n) is 9.51. The van der Waals surface area contributed by atoms with Crippen molar-refractivity contribution in [3.63, 3.8) is 0 Å². The molecule has 0 aromatic carbocycles. The lowest BCUT2D eigenvalue weighted by Crippen LogP contribution is -2.35. The highest BCUT2D eigenvalue weighted by Crippen LogP contribution is 2.28. The van der Waals surface area contributed by atoms with Crippen LogP contribution in [0.3, 0.4) is 0 Å². The van der Waals surface area contributed by atoms with Gasteiger partial charge in [0.1, 0.15) is 0 Å². The smallest absolute Gasteiger partial charge is 0.0849 e. The van der Waals surface area contributed by atoms with Crippen molar-refractivity contribution in [3.8, 4) is 0 Å². The highest BCUT2D eigenvalue weighted by Gasteiger charge is 2.27. The van der Waals surface area contributed by atoms with Gasteiger partial charge >= 0.3 is 0 Å². The van der Waals surface area contributed by atoms with E-state index in [1.165, 1.54) is 19.3 Å². The fourth-order valence-corrected chi connectivity index (χ4v) is 3.30. The van der Waals surface area contributed by atoms with E-state index >= 15 is 0 Å². The lowest BCUT2D eigenvalue weighted by atomic mass is 9.83. The lowest BCUT2D eigenvalue weighted by Gasteiger charge is -2.29. The first kappa shape index (κ1) is 12.1. The van der Waals surface area contributed by atoms with E-state index in [2.05, 4.69) is 0 Å². The highest BCUT2D eigenvalue weighted by atomic mass is 32.1. The molecule has 90 valence electrons. The van der Waals surface area contributed by atoms with Crippen LogP contribution in [0.15, 0.2) is 17.5 Å². The molecule has 1 aliphatic carbocycles. The van der Waals surface area contributed by atoms with Gasteiger partial charge in [-0.05, 0) is 30.2 Å². The average molecular weight is 240 g/mol. The quantitative estimate of drug-likeness (QED) is 0.849. The molecule has 1 aliphatic rings. The maximum Gasteiger partial charge on any atom is 0.0849 e. The van der Waals surface area contributed by atoms with Crippen molar-refractivity contribution in [1.82, 2.24) is 0 Å². The molecule has 1 aromatic heterocycles. The van der Waals surface area contributed by atoms with E-state index < -0.39 is 12.2 Å². The second kappa shape index (κ2) is 5.80. The summed E-state index contributed by atoms with van der Waals surface area (Å²) < 4.78 is 0. The molecule has 2 atom stereocenters. The predicted molar refractivity (Wildman–Crippen MR) is 66.6 cm³/mol. The topological polar surface area (TPSA) is 40.5 Å². The summed E-state index contributed by atoms with van der Waals surface area (Å²) >= 11 is 1.64. The van der Waals surface area contributed by atoms with Gasteiger partial charge in [-0.1, -0.05) is 25.3 Å². The van der Waals surface area contributed by atoms with Crippen molar-refractivity contribution in [2.45, 2.75) is 50.7 Å². The molecule has 2 unspecified atom stereocenters. The molecule has 0 spiro atoms. The summed E-state index contributed by atoms with van der Waals surface area (Å²) in [7, 11) is 0. The summed E-state index contributed by atoms with van der Waals surface area (Å²) in [5.74, 6) is 0.309. The number of hydrogen-bond acceptors (Lipinski definition) is 3. The van der Waals surface area contributed by atoms with E-state index in [0.29, 0.717) is 12.3 Å². The zero-order valence-corrected chi connectivity index (χ0v) is 10.3. The van der Waals surface area contributed by atoms with Gasteiger partial charge in [-0.25, -0.2) is 0 Å². The Hall–Kier alpha value is -0.380. The van der Waals surface area contributed by atoms with Gasteiger partial charge < -0.3 is 10.2 Å². The molecule has 0 bridgehead atoms. The van der Waals surface area contributed by atoms with Gasteiger partial charge in [0.05, 0.1) is 12.2 Å². The van der Waals surface area contributed by atoms with Crippen LogP contribution < -0.4 is 0 Å². The summed E-state index contributed by atoms with van der Waals surface area (Å²) in [5, 5.41) is 22.1. The van der Waals surface area contributed by atoms with E-state index in [-0.39, 0.29) is 0 Å². The van der Waals surface area contributed by atoms with Crippen LogP contribution in [0.4, 0.5) is 0 Å². The molecule has 0 saturated heterocycles. The van der Waals surface area contributed by atoms with E-state index in [1.807, 2.05) is 17.5 Å². The van der Waals surface area contributed by atoms with Gasteiger partial charge in [-0.15, -0.1) is 11.3 Å². The van der Waals surface area contributed by atoms with Crippen molar-refractivity contribution < 1.29 is 10.2 Å². The van der Waals surface area contributed by atoms with E-state index in [1.54, 1.807) is 11.3 Å². The molecule has 1 aromatic rings. The van der Waals surface area contributed by atoms with Crippen LogP contribution in [-0.4, -0.2) is 22.4 Å². The van der Waals surface area contributed by atoms with Crippen LogP contribution in [0.5, 0.6) is 0 Å². The van der Waals surface area contributed by atoms with Gasteiger partial charge in [0, 0.05) is 11.3 Å². The third-order valence-corrected chi connectivity index (χ3v) is 4.42. The van der Waals surface area contributed by atoms with E-state index in [4.69, 9.17) is 0 Å². The molecule has 0 radical (unpaired) electrons. The molecule has 2 N–H and O–H groups in total. The number of aliphatic hydroxyl groups is 2. The highest BCUT2D eigenvalue weighted by molar-refractivity contribution is 7.09. The van der Waals surface area contributed by atoms with Crippen LogP contribution in [0, 0.1) is 5.92 Å². The van der Waals surface area contributed by atoms with Crippen molar-refractivity contribution >= 4 is 11.3 Å². The Balaban J connectivity index is 1.85. The van der Waals surface area contributed by atoms with Gasteiger partial charge in [-0.3, -0.25) is 0 Å². The molecular formula is C13H20O2S. The maximum absolute atomic E-state index is 10.1. The maximum atomic E-state index is 10.1. The standard InChI is InChI=1S/C13H20O2S/c14-12(9-11-7-4-8-16-11)13(15)10-5-2-1-3-6-10/h4,7-8,10,12-15H,1-3,5-6,9H2. The second-order valence-corrected chi connectivity index (χ2v) is 5.77. The Kier molecular flexibility index (Phi) is 4.38. The SMILES string of the molecule is OC(Cc1cccs1)C(O)C1CCCCC1. The average Bonchev–Trinajstić information content (AvgIpc) is 2.82. The Morgan fingerprint density at radius 1 is 1.25 bits per heavy atom. The van der Waals surface area contributed by atoms with Crippen molar-refractivity contribution in [3.05, 3.63) is 22.4 Å². The molecule has 0 aliphatic heterocycles. The Morgan fingerprint density at radius 3 is 2.62 bits per heavy atom. The first-order valence-electron chi connectivity index (χ1n) is 6.16. The molecular weight excluding hydrogens is 220 g/mol. The molecule has 2 rings (SSSR count). The van der Waals surface area contributed by atoms with E-state index in [0.717, 1.165) is 17.7 Å². The van der Waals surface area contributed by atoms with Crippen molar-refractivity contribution in [2.75, 3.05) is 0 Å². The second-order valence-electron chi connectivity index (χ2n) is 4.74. The summed E-state index contributed by atoms with van der Waals surface area (Å²) in [6.45, 7) is 0. The van der Waals surface area contributed by atoms with Crippen molar-refractivity contribution in [1.29, 1.82) is 0 Å². The number of rotatable bonds is 4. The molecule has 1 fully saturated rings. The lowest BCUT2D eigenvalue weighted by molar-refractivity contribution is -0.0260. The Bertz CT molecular complexity index is 291. The summed E-state index contributed by atoms with van der Waals surface area (Å²) in [6, 6.07) is 4.00. The number of aliphatic hydroxyl groups excluding tert-OH is 2. The molecule has 2 nitrogen and oxygen atoms in total. The number of thiophene rings is 1. The first-order valence-corrected chi connectivity index (χ1v) is 7.04.